The van der Waals surface area contributed by atoms with Crippen LogP contribution in [0.15, 0.2) is 0 Å². The number of hydrogen-bond acceptors (Lipinski definition) is 4. The van der Waals surface area contributed by atoms with Crippen LogP contribution in [0.1, 0.15) is 20.8 Å². The molecule has 0 aromatic rings. The lowest BCUT2D eigenvalue weighted by atomic mass is 10.1. The van der Waals surface area contributed by atoms with Gasteiger partial charge in [-0.05, 0) is 20.8 Å². The minimum Gasteiger partial charge on any atom is -0.444 e. The second-order valence-electron chi connectivity index (χ2n) is 4.53. The number of amides is 1. The molecule has 0 radical (unpaired) electrons. The van der Waals surface area contributed by atoms with Crippen molar-refractivity contribution >= 4 is 6.09 Å². The summed E-state index contributed by atoms with van der Waals surface area (Å²) in [5.41, 5.74) is -0.522. The maximum Gasteiger partial charge on any atom is 0.407 e. The van der Waals surface area contributed by atoms with Gasteiger partial charge in [0.05, 0.1) is 31.2 Å². The lowest BCUT2D eigenvalue weighted by Crippen LogP contribution is -2.42. The van der Waals surface area contributed by atoms with Crippen molar-refractivity contribution < 1.29 is 14.3 Å². The Morgan fingerprint density at radius 2 is 2.20 bits per heavy atom. The largest absolute Gasteiger partial charge is 0.444 e. The van der Waals surface area contributed by atoms with Crippen LogP contribution in [0.25, 0.3) is 0 Å². The molecule has 15 heavy (non-hydrogen) atoms. The molecule has 0 aromatic heterocycles. The van der Waals surface area contributed by atoms with E-state index in [2.05, 4.69) is 11.4 Å². The lowest BCUT2D eigenvalue weighted by Gasteiger charge is -2.22. The smallest absolute Gasteiger partial charge is 0.407 e. The maximum absolute atomic E-state index is 11.4. The van der Waals surface area contributed by atoms with E-state index in [0.29, 0.717) is 13.2 Å². The van der Waals surface area contributed by atoms with E-state index < -0.39 is 11.7 Å². The van der Waals surface area contributed by atoms with Gasteiger partial charge in [0.15, 0.2) is 0 Å². The molecule has 84 valence electrons. The molecule has 0 aliphatic carbocycles. The summed E-state index contributed by atoms with van der Waals surface area (Å²) in [6.45, 7) is 6.12. The first-order valence-electron chi connectivity index (χ1n) is 4.89. The van der Waals surface area contributed by atoms with E-state index >= 15 is 0 Å². The van der Waals surface area contributed by atoms with Crippen molar-refractivity contribution in [2.24, 2.45) is 5.92 Å². The van der Waals surface area contributed by atoms with Gasteiger partial charge in [-0.2, -0.15) is 5.26 Å². The summed E-state index contributed by atoms with van der Waals surface area (Å²) in [5.74, 6) is -0.280. The van der Waals surface area contributed by atoms with E-state index in [-0.39, 0.29) is 12.0 Å². The van der Waals surface area contributed by atoms with E-state index in [1.54, 1.807) is 20.8 Å². The molecule has 2 atom stereocenters. The summed E-state index contributed by atoms with van der Waals surface area (Å²) in [7, 11) is 0. The molecule has 1 aliphatic rings. The molecule has 5 nitrogen and oxygen atoms in total. The molecule has 0 saturated carbocycles. The number of nitrogens with one attached hydrogen (secondary N) is 1. The van der Waals surface area contributed by atoms with Crippen molar-refractivity contribution in [1.82, 2.24) is 5.32 Å². The third-order valence-corrected chi connectivity index (χ3v) is 1.95. The van der Waals surface area contributed by atoms with Crippen LogP contribution in [-0.4, -0.2) is 30.9 Å². The second kappa shape index (κ2) is 4.49. The number of ether oxygens (including phenoxy) is 2. The molecular weight excluding hydrogens is 196 g/mol. The summed E-state index contributed by atoms with van der Waals surface area (Å²) >= 11 is 0. The average molecular weight is 212 g/mol. The van der Waals surface area contributed by atoms with E-state index in [9.17, 15) is 4.79 Å². The first kappa shape index (κ1) is 11.8. The Balaban J connectivity index is 2.42. The summed E-state index contributed by atoms with van der Waals surface area (Å²) in [5, 5.41) is 11.4. The monoisotopic (exact) mass is 212 g/mol. The highest BCUT2D eigenvalue weighted by molar-refractivity contribution is 5.68. The highest BCUT2D eigenvalue weighted by atomic mass is 16.6. The second-order valence-corrected chi connectivity index (χ2v) is 4.53. The quantitative estimate of drug-likeness (QED) is 0.705. The number of hydrogen-bond donors (Lipinski definition) is 1. The Hall–Kier alpha value is -1.28. The molecule has 1 heterocycles. The molecule has 1 N–H and O–H groups in total. The van der Waals surface area contributed by atoms with Gasteiger partial charge in [0, 0.05) is 0 Å². The van der Waals surface area contributed by atoms with Gasteiger partial charge in [-0.15, -0.1) is 0 Å². The minimum atomic E-state index is -0.522. The standard InChI is InChI=1S/C10H16N2O3/c1-10(2,3)15-9(13)12-8-6-14-5-7(8)4-11/h7-8H,5-6H2,1-3H3,(H,12,13). The number of carbonyl (C=O) groups excluding carboxylic acids is 1. The van der Waals surface area contributed by atoms with Crippen molar-refractivity contribution in [3.63, 3.8) is 0 Å². The van der Waals surface area contributed by atoms with E-state index in [4.69, 9.17) is 14.7 Å². The fraction of sp³-hybridized carbons (Fsp3) is 0.800. The van der Waals surface area contributed by atoms with Crippen LogP contribution in [0.3, 0.4) is 0 Å². The van der Waals surface area contributed by atoms with Crippen LogP contribution < -0.4 is 5.32 Å². The summed E-state index contributed by atoms with van der Waals surface area (Å²) in [6.07, 6.45) is -0.502. The maximum atomic E-state index is 11.4. The van der Waals surface area contributed by atoms with Crippen molar-refractivity contribution in [2.45, 2.75) is 32.4 Å². The first-order valence-corrected chi connectivity index (χ1v) is 4.89. The SMILES string of the molecule is CC(C)(C)OC(=O)NC1COCC1C#N. The normalized spacial score (nSPS) is 25.7. The molecule has 2 unspecified atom stereocenters. The highest BCUT2D eigenvalue weighted by Crippen LogP contribution is 2.13. The van der Waals surface area contributed by atoms with Crippen LogP contribution in [0.5, 0.6) is 0 Å². The molecule has 1 amide bonds. The molecule has 1 rings (SSSR count). The Bertz CT molecular complexity index is 277. The molecule has 1 fully saturated rings. The van der Waals surface area contributed by atoms with E-state index in [0.717, 1.165) is 0 Å². The minimum absolute atomic E-state index is 0.259. The number of nitriles is 1. The molecule has 0 spiro atoms. The zero-order chi connectivity index (χ0) is 11.5. The fourth-order valence-corrected chi connectivity index (χ4v) is 1.28. The third kappa shape index (κ3) is 3.76. The van der Waals surface area contributed by atoms with Crippen molar-refractivity contribution in [2.75, 3.05) is 13.2 Å². The zero-order valence-electron chi connectivity index (χ0n) is 9.24. The third-order valence-electron chi connectivity index (χ3n) is 1.95. The lowest BCUT2D eigenvalue weighted by molar-refractivity contribution is 0.0495. The van der Waals surface area contributed by atoms with Crippen LogP contribution in [0.4, 0.5) is 4.79 Å². The first-order chi connectivity index (χ1) is 6.92. The van der Waals surface area contributed by atoms with E-state index in [1.165, 1.54) is 0 Å². The predicted molar refractivity (Wildman–Crippen MR) is 53.1 cm³/mol. The molecule has 5 heteroatoms. The fourth-order valence-electron chi connectivity index (χ4n) is 1.28. The van der Waals surface area contributed by atoms with Crippen LogP contribution >= 0.6 is 0 Å². The number of nitrogens with zero attached hydrogens (tertiary/aromatic N) is 1. The van der Waals surface area contributed by atoms with Crippen LogP contribution in [0, 0.1) is 17.2 Å². The van der Waals surface area contributed by atoms with Gasteiger partial charge >= 0.3 is 6.09 Å². The predicted octanol–water partition coefficient (Wildman–Crippen LogP) is 1.05. The molecule has 1 aliphatic heterocycles. The van der Waals surface area contributed by atoms with Gasteiger partial charge in [0.25, 0.3) is 0 Å². The highest BCUT2D eigenvalue weighted by Gasteiger charge is 2.30. The average Bonchev–Trinajstić information content (AvgIpc) is 2.48. The number of rotatable bonds is 1. The molecule has 0 aromatic carbocycles. The van der Waals surface area contributed by atoms with Gasteiger partial charge in [0.1, 0.15) is 5.60 Å². The van der Waals surface area contributed by atoms with Crippen LogP contribution in [-0.2, 0) is 9.47 Å². The Morgan fingerprint density at radius 1 is 1.53 bits per heavy atom. The molecule has 1 saturated heterocycles. The van der Waals surface area contributed by atoms with Crippen LogP contribution in [0.2, 0.25) is 0 Å². The Kier molecular flexibility index (Phi) is 3.53. The zero-order valence-corrected chi connectivity index (χ0v) is 9.24. The summed E-state index contributed by atoms with van der Waals surface area (Å²) in [4.78, 5) is 11.4. The van der Waals surface area contributed by atoms with Crippen molar-refractivity contribution in [3.8, 4) is 6.07 Å². The topological polar surface area (TPSA) is 71.3 Å². The van der Waals surface area contributed by atoms with Gasteiger partial charge in [-0.25, -0.2) is 4.79 Å². The van der Waals surface area contributed by atoms with Gasteiger partial charge in [-0.3, -0.25) is 0 Å². The number of carbonyl (C=O) groups is 1. The summed E-state index contributed by atoms with van der Waals surface area (Å²) < 4.78 is 10.2. The Morgan fingerprint density at radius 3 is 2.73 bits per heavy atom. The summed E-state index contributed by atoms with van der Waals surface area (Å²) in [6, 6.07) is 1.83. The van der Waals surface area contributed by atoms with Gasteiger partial charge < -0.3 is 14.8 Å². The van der Waals surface area contributed by atoms with E-state index in [1.807, 2.05) is 0 Å². The Labute approximate surface area is 89.3 Å². The molecule has 0 bridgehead atoms. The van der Waals surface area contributed by atoms with Crippen molar-refractivity contribution in [1.29, 1.82) is 5.26 Å². The van der Waals surface area contributed by atoms with Crippen molar-refractivity contribution in [3.05, 3.63) is 0 Å². The van der Waals surface area contributed by atoms with Gasteiger partial charge in [0.2, 0.25) is 0 Å². The van der Waals surface area contributed by atoms with Gasteiger partial charge in [-0.1, -0.05) is 0 Å². The number of alkyl carbamates (subject to hydrolysis) is 1. The molecular formula is C10H16N2O3.